The van der Waals surface area contributed by atoms with Crippen molar-refractivity contribution in [1.29, 1.82) is 0 Å². The van der Waals surface area contributed by atoms with Gasteiger partial charge in [-0.3, -0.25) is 4.79 Å². The summed E-state index contributed by atoms with van der Waals surface area (Å²) in [5.41, 5.74) is 0. The number of carbonyl (C=O) groups excluding carboxylic acids is 1. The van der Waals surface area contributed by atoms with E-state index in [1.54, 1.807) is 11.4 Å². The second kappa shape index (κ2) is 6.13. The van der Waals surface area contributed by atoms with Gasteiger partial charge in [0.2, 0.25) is 0 Å². The summed E-state index contributed by atoms with van der Waals surface area (Å²) in [5.74, 6) is -0.533. The molecule has 0 aliphatic carbocycles. The lowest BCUT2D eigenvalue weighted by molar-refractivity contribution is -0.143. The first-order valence-corrected chi connectivity index (χ1v) is 7.46. The zero-order chi connectivity index (χ0) is 12.9. The quantitative estimate of drug-likeness (QED) is 0.736. The van der Waals surface area contributed by atoms with E-state index in [0.29, 0.717) is 13.0 Å². The van der Waals surface area contributed by atoms with Gasteiger partial charge < -0.3 is 4.74 Å². The molecule has 0 unspecified atom stereocenters. The Hall–Kier alpha value is -0.920. The number of nitrogens with zero attached hydrogens (tertiary/aromatic N) is 1. The molecule has 0 aliphatic heterocycles. The van der Waals surface area contributed by atoms with Crippen LogP contribution in [0.5, 0.6) is 0 Å². The number of esters is 1. The number of rotatable bonds is 6. The molecule has 96 valence electrons. The van der Waals surface area contributed by atoms with Crippen molar-refractivity contribution in [3.05, 3.63) is 17.5 Å². The Kier molecular flexibility index (Phi) is 5.10. The molecule has 0 bridgehead atoms. The van der Waals surface area contributed by atoms with Crippen LogP contribution >= 0.6 is 11.3 Å². The highest BCUT2D eigenvalue weighted by Gasteiger charge is 2.24. The Labute approximate surface area is 105 Å². The molecule has 1 heterocycles. The topological polar surface area (TPSA) is 63.7 Å². The van der Waals surface area contributed by atoms with E-state index in [1.165, 1.54) is 13.1 Å². The summed E-state index contributed by atoms with van der Waals surface area (Å²) in [6, 6.07) is 3.16. The molecule has 0 fully saturated rings. The van der Waals surface area contributed by atoms with Gasteiger partial charge in [0.1, 0.15) is 10.8 Å². The third-order valence-corrected chi connectivity index (χ3v) is 5.15. The number of hydrogen-bond acceptors (Lipinski definition) is 5. The molecule has 17 heavy (non-hydrogen) atoms. The lowest BCUT2D eigenvalue weighted by atomic mass is 10.5. The fourth-order valence-corrected chi connectivity index (χ4v) is 3.41. The van der Waals surface area contributed by atoms with E-state index in [4.69, 9.17) is 4.74 Å². The number of thiophene rings is 1. The smallest absolute Gasteiger partial charge is 0.321 e. The average molecular weight is 277 g/mol. The van der Waals surface area contributed by atoms with Crippen molar-refractivity contribution in [2.24, 2.45) is 0 Å². The minimum Gasteiger partial charge on any atom is -0.465 e. The zero-order valence-corrected chi connectivity index (χ0v) is 11.4. The third kappa shape index (κ3) is 3.79. The molecule has 7 heteroatoms. The maximum atomic E-state index is 11.9. The van der Waals surface area contributed by atoms with E-state index >= 15 is 0 Å². The van der Waals surface area contributed by atoms with Crippen molar-refractivity contribution < 1.29 is 17.9 Å². The summed E-state index contributed by atoms with van der Waals surface area (Å²) in [4.78, 5) is 11.3. The highest BCUT2D eigenvalue weighted by atomic mass is 32.2. The van der Waals surface area contributed by atoms with Gasteiger partial charge in [0.05, 0.1) is 6.61 Å². The summed E-state index contributed by atoms with van der Waals surface area (Å²) in [6.45, 7) is 1.92. The van der Waals surface area contributed by atoms with Crippen molar-refractivity contribution in [2.75, 3.05) is 20.2 Å². The Morgan fingerprint density at radius 1 is 1.53 bits per heavy atom. The Morgan fingerprint density at radius 3 is 2.76 bits per heavy atom. The van der Waals surface area contributed by atoms with E-state index < -0.39 is 16.0 Å². The molecule has 0 atom stereocenters. The Morgan fingerprint density at radius 2 is 2.24 bits per heavy atom. The van der Waals surface area contributed by atoms with Crippen LogP contribution in [0.4, 0.5) is 0 Å². The molecular weight excluding hydrogens is 262 g/mol. The molecule has 0 radical (unpaired) electrons. The molecule has 0 saturated carbocycles. The minimum absolute atomic E-state index is 0.225. The minimum atomic E-state index is -3.56. The maximum absolute atomic E-state index is 11.9. The first-order chi connectivity index (χ1) is 7.98. The molecule has 0 amide bonds. The number of ether oxygens (including phenoxy) is 1. The SMILES string of the molecule is CCCOC(=O)CN(C)S(=O)(=O)c1cccs1. The van der Waals surface area contributed by atoms with Crippen LogP contribution in [0.15, 0.2) is 21.7 Å². The average Bonchev–Trinajstić information content (AvgIpc) is 2.80. The predicted molar refractivity (Wildman–Crippen MR) is 65.4 cm³/mol. The number of hydrogen-bond donors (Lipinski definition) is 0. The van der Waals surface area contributed by atoms with E-state index in [2.05, 4.69) is 0 Å². The lowest BCUT2D eigenvalue weighted by Crippen LogP contribution is -2.32. The zero-order valence-electron chi connectivity index (χ0n) is 9.75. The normalized spacial score (nSPS) is 11.7. The molecule has 1 rings (SSSR count). The van der Waals surface area contributed by atoms with Crippen molar-refractivity contribution in [2.45, 2.75) is 17.6 Å². The molecule has 0 spiro atoms. The van der Waals surface area contributed by atoms with Gasteiger partial charge in [-0.25, -0.2) is 8.42 Å². The van der Waals surface area contributed by atoms with Gasteiger partial charge in [0.15, 0.2) is 0 Å². The van der Waals surface area contributed by atoms with E-state index in [0.717, 1.165) is 15.6 Å². The van der Waals surface area contributed by atoms with Gasteiger partial charge in [0, 0.05) is 7.05 Å². The second-order valence-electron chi connectivity index (χ2n) is 3.41. The molecule has 0 saturated heterocycles. The van der Waals surface area contributed by atoms with E-state index in [9.17, 15) is 13.2 Å². The van der Waals surface area contributed by atoms with Gasteiger partial charge in [-0.2, -0.15) is 4.31 Å². The van der Waals surface area contributed by atoms with Gasteiger partial charge >= 0.3 is 5.97 Å². The fraction of sp³-hybridized carbons (Fsp3) is 0.500. The van der Waals surface area contributed by atoms with Crippen LogP contribution in [0.2, 0.25) is 0 Å². The monoisotopic (exact) mass is 277 g/mol. The van der Waals surface area contributed by atoms with Crippen LogP contribution in [-0.4, -0.2) is 38.9 Å². The number of carbonyl (C=O) groups is 1. The molecule has 5 nitrogen and oxygen atoms in total. The van der Waals surface area contributed by atoms with E-state index in [1.807, 2.05) is 6.92 Å². The molecule has 0 aliphatic rings. The molecule has 0 aromatic carbocycles. The van der Waals surface area contributed by atoms with Crippen molar-refractivity contribution in [3.8, 4) is 0 Å². The first-order valence-electron chi connectivity index (χ1n) is 5.14. The highest BCUT2D eigenvalue weighted by molar-refractivity contribution is 7.91. The number of likely N-dealkylation sites (N-methyl/N-ethyl adjacent to an activating group) is 1. The first kappa shape index (κ1) is 14.1. The molecule has 1 aromatic rings. The molecular formula is C10H15NO4S2. The van der Waals surface area contributed by atoms with Crippen LogP contribution in [0.1, 0.15) is 13.3 Å². The standard InChI is InChI=1S/C10H15NO4S2/c1-3-6-15-9(12)8-11(2)17(13,14)10-5-4-7-16-10/h4-5,7H,3,6,8H2,1-2H3. The molecule has 0 N–H and O–H groups in total. The van der Waals surface area contributed by atoms with Crippen LogP contribution in [0.3, 0.4) is 0 Å². The third-order valence-electron chi connectivity index (χ3n) is 1.98. The van der Waals surface area contributed by atoms with Crippen molar-refractivity contribution >= 4 is 27.3 Å². The van der Waals surface area contributed by atoms with Gasteiger partial charge in [-0.15, -0.1) is 11.3 Å². The predicted octanol–water partition coefficient (Wildman–Crippen LogP) is 1.32. The largest absolute Gasteiger partial charge is 0.465 e. The second-order valence-corrected chi connectivity index (χ2v) is 6.63. The van der Waals surface area contributed by atoms with Crippen molar-refractivity contribution in [1.82, 2.24) is 4.31 Å². The number of sulfonamides is 1. The van der Waals surface area contributed by atoms with Gasteiger partial charge in [-0.1, -0.05) is 13.0 Å². The molecule has 1 aromatic heterocycles. The van der Waals surface area contributed by atoms with Crippen molar-refractivity contribution in [3.63, 3.8) is 0 Å². The van der Waals surface area contributed by atoms with Crippen LogP contribution in [0, 0.1) is 0 Å². The Balaban J connectivity index is 2.64. The van der Waals surface area contributed by atoms with Crippen LogP contribution < -0.4 is 0 Å². The maximum Gasteiger partial charge on any atom is 0.321 e. The van der Waals surface area contributed by atoms with E-state index in [-0.39, 0.29) is 10.8 Å². The lowest BCUT2D eigenvalue weighted by Gasteiger charge is -2.14. The van der Waals surface area contributed by atoms with Crippen LogP contribution in [0.25, 0.3) is 0 Å². The summed E-state index contributed by atoms with van der Waals surface area (Å²) < 4.78 is 29.9. The van der Waals surface area contributed by atoms with Gasteiger partial charge in [-0.05, 0) is 17.9 Å². The summed E-state index contributed by atoms with van der Waals surface area (Å²) in [7, 11) is -2.20. The van der Waals surface area contributed by atoms with Gasteiger partial charge in [0.25, 0.3) is 10.0 Å². The summed E-state index contributed by atoms with van der Waals surface area (Å²) >= 11 is 1.12. The highest BCUT2D eigenvalue weighted by Crippen LogP contribution is 2.19. The van der Waals surface area contributed by atoms with Crippen LogP contribution in [-0.2, 0) is 19.6 Å². The Bertz CT molecular complexity index is 453. The fourth-order valence-electron chi connectivity index (χ4n) is 1.09. The summed E-state index contributed by atoms with van der Waals surface area (Å²) in [6.07, 6.45) is 0.715. The summed E-state index contributed by atoms with van der Waals surface area (Å²) in [5, 5.41) is 1.68.